The van der Waals surface area contributed by atoms with Gasteiger partial charge in [0, 0.05) is 167 Å². The second-order valence-electron chi connectivity index (χ2n) is 17.2. The lowest BCUT2D eigenvalue weighted by Gasteiger charge is -2.15. The zero-order valence-electron chi connectivity index (χ0n) is 47.5. The normalized spacial score (nSPS) is 17.1. The number of carbonyl (C=O) groups excluding carboxylic acids is 1. The Hall–Kier alpha value is 7.87. The number of thioether (sulfide) groups is 12. The van der Waals surface area contributed by atoms with Crippen LogP contribution in [0.3, 0.4) is 0 Å². The molecule has 0 aromatic carbocycles. The van der Waals surface area contributed by atoms with E-state index >= 15 is 0 Å². The summed E-state index contributed by atoms with van der Waals surface area (Å²) >= 11 is 73.9. The fraction of sp³-hybridized carbons (Fsp3) is 0.980. The van der Waals surface area contributed by atoms with Gasteiger partial charge < -0.3 is 4.74 Å². The minimum atomic E-state index is -0.132. The number of hydrogen-bond acceptors (Lipinski definition) is 26. The fourth-order valence-corrected chi connectivity index (χ4v) is 18.9. The maximum Gasteiger partial charge on any atom is 0.367 e. The quantitative estimate of drug-likeness (QED) is 0.0164. The maximum atomic E-state index is 10.2. The molecule has 1 heterocycles. The lowest BCUT2D eigenvalue weighted by molar-refractivity contribution is 0.153. The maximum absolute atomic E-state index is 10.2. The predicted octanol–water partition coefficient (Wildman–Crippen LogP) is 18.7. The number of ether oxygens (including phenoxy) is 1. The molecule has 0 spiro atoms. The van der Waals surface area contributed by atoms with Crippen molar-refractivity contribution in [3.05, 3.63) is 0 Å². The molecular formula is C49H108O2S24. The topological polar surface area (TPSA) is 26.3 Å². The molecule has 460 valence electrons. The van der Waals surface area contributed by atoms with Crippen LogP contribution in [0.15, 0.2) is 0 Å². The summed E-state index contributed by atoms with van der Waals surface area (Å²) in [5.74, 6) is 27.2. The van der Waals surface area contributed by atoms with E-state index in [0.29, 0.717) is 36.7 Å². The first-order chi connectivity index (χ1) is 35.3. The number of rotatable bonds is 39. The zero-order valence-corrected chi connectivity index (χ0v) is 68.0. The lowest BCUT2D eigenvalue weighted by atomic mass is 10.5. The molecule has 2 nitrogen and oxygen atoms in total. The highest BCUT2D eigenvalue weighted by molar-refractivity contribution is 8.13. The van der Waals surface area contributed by atoms with Crippen LogP contribution in [-0.4, -0.2) is 207 Å². The van der Waals surface area contributed by atoms with Gasteiger partial charge in [0.2, 0.25) is 0 Å². The van der Waals surface area contributed by atoms with Gasteiger partial charge in [0.15, 0.2) is 0 Å². The summed E-state index contributed by atoms with van der Waals surface area (Å²) in [4.78, 5) is 10.2. The minimum absolute atomic E-state index is 0.132. The van der Waals surface area contributed by atoms with E-state index in [9.17, 15) is 4.79 Å². The molecule has 1 fully saturated rings. The molecule has 1 rings (SSSR count). The summed E-state index contributed by atoms with van der Waals surface area (Å²) in [7, 11) is 0. The van der Waals surface area contributed by atoms with E-state index in [1.54, 1.807) is 0 Å². The van der Waals surface area contributed by atoms with Gasteiger partial charge in [-0.2, -0.15) is 281 Å². The summed E-state index contributed by atoms with van der Waals surface area (Å²) in [6, 6.07) is 0. The van der Waals surface area contributed by atoms with Crippen molar-refractivity contribution in [1.29, 1.82) is 0 Å². The van der Waals surface area contributed by atoms with Crippen LogP contribution >= 0.6 is 293 Å². The Labute approximate surface area is 584 Å². The first-order valence-corrected chi connectivity index (χ1v) is 45.5. The highest BCUT2D eigenvalue weighted by Crippen LogP contribution is 2.24. The highest BCUT2D eigenvalue weighted by Gasteiger charge is 2.18. The fourth-order valence-electron chi connectivity index (χ4n) is 4.05. The van der Waals surface area contributed by atoms with Gasteiger partial charge in [-0.3, -0.25) is 0 Å². The third-order valence-corrected chi connectivity index (χ3v) is 29.3. The highest BCUT2D eigenvalue weighted by atomic mass is 32.2. The molecule has 26 heteroatoms. The van der Waals surface area contributed by atoms with Crippen molar-refractivity contribution in [2.75, 3.05) is 138 Å². The first-order valence-electron chi connectivity index (χ1n) is 25.5. The van der Waals surface area contributed by atoms with Crippen LogP contribution in [-0.2, 0) is 4.74 Å². The van der Waals surface area contributed by atoms with Crippen LogP contribution in [0.2, 0.25) is 0 Å². The van der Waals surface area contributed by atoms with E-state index in [-0.39, 0.29) is 11.4 Å². The molecule has 0 aliphatic carbocycles. The number of cyclic esters (lactones) is 1. The third-order valence-electron chi connectivity index (χ3n) is 7.25. The average Bonchev–Trinajstić information content (AvgIpc) is 3.73. The predicted molar refractivity (Wildman–Crippen MR) is 436 cm³/mol. The van der Waals surface area contributed by atoms with Gasteiger partial charge >= 0.3 is 5.30 Å². The van der Waals surface area contributed by atoms with Crippen molar-refractivity contribution >= 4 is 298 Å². The lowest BCUT2D eigenvalue weighted by Crippen LogP contribution is -2.10. The van der Waals surface area contributed by atoms with Crippen LogP contribution in [0.5, 0.6) is 0 Å². The molecule has 12 unspecified atom stereocenters. The zero-order chi connectivity index (χ0) is 58.7. The standard InChI is InChI=1S/2C11H24S5.2C8H18S4.C5H12S3.C4H6O2S.C2H6S2/c1-9(12)6-14-4-5-15-8-11(3)16-7-10(2)13;1-9(13)6-15-11(3)8-16-10(2)7-14-5-4-12;1-7(9)5-11-3-4-12-6-8(2)10;1-7(10)5-11-6-8(2)12-4-3-9;1-5(7)4-8-3-2-6;1-3-2-7-4(5)6-3;3-1-2-4/h2*9-13H,4-8H2,1-3H3;2*7-10H,3-6H2,1-2H3;5-7H,2-4H2,1H3;3H,2H2,1H3;3-4H,1-2H2. The van der Waals surface area contributed by atoms with Crippen molar-refractivity contribution < 1.29 is 9.53 Å². The van der Waals surface area contributed by atoms with Gasteiger partial charge in [0.1, 0.15) is 6.10 Å². The Kier molecular flexibility index (Phi) is 95.4. The Morgan fingerprint density at radius 1 is 0.373 bits per heavy atom. The Bertz CT molecular complexity index is 1040. The van der Waals surface area contributed by atoms with Crippen LogP contribution < -0.4 is 0 Å². The van der Waals surface area contributed by atoms with Gasteiger partial charge in [0.05, 0.1) is 0 Å². The minimum Gasteiger partial charge on any atom is -0.454 e. The van der Waals surface area contributed by atoms with Gasteiger partial charge in [-0.05, 0) is 47.4 Å². The van der Waals surface area contributed by atoms with Gasteiger partial charge in [0.25, 0.3) is 0 Å². The van der Waals surface area contributed by atoms with Crippen molar-refractivity contribution in [2.24, 2.45) is 0 Å². The Morgan fingerprint density at radius 3 is 0.920 bits per heavy atom. The second-order valence-corrected chi connectivity index (χ2v) is 40.4. The van der Waals surface area contributed by atoms with Crippen LogP contribution in [0.4, 0.5) is 4.79 Å². The summed E-state index contributed by atoms with van der Waals surface area (Å²) < 4.78 is 4.69. The van der Waals surface area contributed by atoms with Gasteiger partial charge in [-0.25, -0.2) is 4.79 Å². The molecule has 0 aromatic rings. The van der Waals surface area contributed by atoms with E-state index in [4.69, 9.17) is 0 Å². The number of hydrogen-bond donors (Lipinski definition) is 12. The number of thiol groups is 12. The molecule has 1 saturated heterocycles. The van der Waals surface area contributed by atoms with Crippen molar-refractivity contribution in [3.63, 3.8) is 0 Å². The molecule has 75 heavy (non-hydrogen) atoms. The molecule has 0 amide bonds. The molecule has 0 aromatic heterocycles. The Balaban J connectivity index is -0.000000191. The van der Waals surface area contributed by atoms with Crippen molar-refractivity contribution in [1.82, 2.24) is 0 Å². The molecule has 0 radical (unpaired) electrons. The van der Waals surface area contributed by atoms with Gasteiger partial charge in [-0.15, -0.1) is 0 Å². The van der Waals surface area contributed by atoms with E-state index in [2.05, 4.69) is 256 Å². The molecule has 0 saturated carbocycles. The summed E-state index contributed by atoms with van der Waals surface area (Å²) in [6.07, 6.45) is 0.137. The van der Waals surface area contributed by atoms with E-state index in [0.717, 1.165) is 84.3 Å². The van der Waals surface area contributed by atoms with E-state index in [1.165, 1.54) is 86.5 Å². The second kappa shape index (κ2) is 76.1. The average molecular weight is 1500 g/mol. The first kappa shape index (κ1) is 94.0. The molecule has 1 aliphatic heterocycles. The largest absolute Gasteiger partial charge is 0.454 e. The summed E-state index contributed by atoms with van der Waals surface area (Å²) in [5.41, 5.74) is 0. The molecule has 12 atom stereocenters. The molecule has 1 aliphatic rings. The number of carbonyl (C=O) groups is 1. The Morgan fingerprint density at radius 2 is 0.640 bits per heavy atom. The van der Waals surface area contributed by atoms with E-state index in [1.807, 2.05) is 113 Å². The van der Waals surface area contributed by atoms with Crippen LogP contribution in [0.1, 0.15) is 83.1 Å². The van der Waals surface area contributed by atoms with Crippen molar-refractivity contribution in [3.8, 4) is 0 Å². The van der Waals surface area contributed by atoms with Crippen LogP contribution in [0.25, 0.3) is 0 Å². The SMILES string of the molecule is CC(S)CSC(C)CSC(C)CSCCS.CC(S)CSCC(C)SCCS.CC(S)CSCCS.CC(S)CSCCSCC(C)S.CC(S)CSCCSCC(C)SCC(C)S.CC1CSC(=O)O1.SCCS. The molecule has 0 N–H and O–H groups in total. The summed E-state index contributed by atoms with van der Waals surface area (Å²) in [5, 5.41) is 6.57. The van der Waals surface area contributed by atoms with Crippen molar-refractivity contribution in [2.45, 2.75) is 147 Å². The van der Waals surface area contributed by atoms with Crippen LogP contribution in [0, 0.1) is 0 Å². The smallest absolute Gasteiger partial charge is 0.367 e. The van der Waals surface area contributed by atoms with Gasteiger partial charge in [-0.1, -0.05) is 76.2 Å². The third kappa shape index (κ3) is 104. The van der Waals surface area contributed by atoms with E-state index < -0.39 is 0 Å². The molecule has 0 bridgehead atoms. The monoisotopic (exact) mass is 1500 g/mol. The molecular weight excluding hydrogens is 1390 g/mol. The summed E-state index contributed by atoms with van der Waals surface area (Å²) in [6.45, 7) is 26.1.